The summed E-state index contributed by atoms with van der Waals surface area (Å²) in [5.41, 5.74) is 0.349. The SMILES string of the molecule is Cc1nn(C)c(Cl)c1S(=O)(=O)N(C[C@@H]1CCCO1)c1ccc(Br)cn1. The van der Waals surface area contributed by atoms with Crippen molar-refractivity contribution >= 4 is 43.4 Å². The van der Waals surface area contributed by atoms with Gasteiger partial charge in [0.05, 0.1) is 18.3 Å². The van der Waals surface area contributed by atoms with Crippen LogP contribution in [0.15, 0.2) is 27.7 Å². The second-order valence-corrected chi connectivity index (χ2v) is 8.91. The van der Waals surface area contributed by atoms with Crippen molar-refractivity contribution in [2.75, 3.05) is 17.5 Å². The molecule has 25 heavy (non-hydrogen) atoms. The highest BCUT2D eigenvalue weighted by Gasteiger charge is 2.35. The number of sulfonamides is 1. The lowest BCUT2D eigenvalue weighted by Crippen LogP contribution is -2.38. The Hall–Kier alpha value is -1.16. The minimum atomic E-state index is -3.93. The fourth-order valence-electron chi connectivity index (χ4n) is 2.82. The average Bonchev–Trinajstić information content (AvgIpc) is 3.14. The molecule has 1 fully saturated rings. The fourth-order valence-corrected chi connectivity index (χ4v) is 5.22. The zero-order valence-electron chi connectivity index (χ0n) is 13.8. The van der Waals surface area contributed by atoms with E-state index in [1.54, 1.807) is 32.3 Å². The van der Waals surface area contributed by atoms with Crippen LogP contribution in [0.3, 0.4) is 0 Å². The number of hydrogen-bond donors (Lipinski definition) is 0. The Labute approximate surface area is 160 Å². The van der Waals surface area contributed by atoms with E-state index < -0.39 is 10.0 Å². The summed E-state index contributed by atoms with van der Waals surface area (Å²) in [4.78, 5) is 4.25. The van der Waals surface area contributed by atoms with Crippen LogP contribution in [0, 0.1) is 6.92 Å². The van der Waals surface area contributed by atoms with Crippen molar-refractivity contribution in [3.05, 3.63) is 33.6 Å². The molecule has 0 bridgehead atoms. The van der Waals surface area contributed by atoms with Crippen LogP contribution in [0.2, 0.25) is 5.15 Å². The molecule has 0 unspecified atom stereocenters. The maximum atomic E-state index is 13.3. The Bertz CT molecular complexity index is 864. The van der Waals surface area contributed by atoms with E-state index in [0.29, 0.717) is 18.1 Å². The topological polar surface area (TPSA) is 77.3 Å². The van der Waals surface area contributed by atoms with E-state index in [1.807, 2.05) is 0 Å². The molecular formula is C15H18BrClN4O3S. The standard InChI is InChI=1S/C15H18BrClN4O3S/c1-10-14(15(17)20(2)19-10)25(22,23)21(9-12-4-3-7-24-12)13-6-5-11(16)8-18-13/h5-6,8,12H,3-4,7,9H2,1-2H3/t12-/m0/s1. The number of aromatic nitrogens is 3. The summed E-state index contributed by atoms with van der Waals surface area (Å²) in [6.07, 6.45) is 3.11. The van der Waals surface area contributed by atoms with Gasteiger partial charge in [-0.15, -0.1) is 0 Å². The number of aryl methyl sites for hydroxylation is 2. The predicted molar refractivity (Wildman–Crippen MR) is 98.4 cm³/mol. The Kier molecular flexibility index (Phi) is 5.38. The van der Waals surface area contributed by atoms with Crippen LogP contribution in [-0.4, -0.2) is 42.4 Å². The molecule has 3 heterocycles. The van der Waals surface area contributed by atoms with Crippen molar-refractivity contribution in [1.82, 2.24) is 14.8 Å². The average molecular weight is 450 g/mol. The van der Waals surface area contributed by atoms with Crippen molar-refractivity contribution in [3.63, 3.8) is 0 Å². The van der Waals surface area contributed by atoms with Gasteiger partial charge in [0.25, 0.3) is 10.0 Å². The van der Waals surface area contributed by atoms with Gasteiger partial charge in [-0.25, -0.2) is 17.7 Å². The van der Waals surface area contributed by atoms with Crippen LogP contribution in [0.4, 0.5) is 5.82 Å². The Morgan fingerprint density at radius 3 is 2.76 bits per heavy atom. The number of halogens is 2. The fraction of sp³-hybridized carbons (Fsp3) is 0.467. The van der Waals surface area contributed by atoms with Gasteiger partial charge >= 0.3 is 0 Å². The molecule has 0 radical (unpaired) electrons. The molecule has 2 aromatic heterocycles. The lowest BCUT2D eigenvalue weighted by molar-refractivity contribution is 0.118. The van der Waals surface area contributed by atoms with Gasteiger partial charge < -0.3 is 4.74 Å². The molecule has 1 aliphatic heterocycles. The first-order valence-corrected chi connectivity index (χ1v) is 10.4. The van der Waals surface area contributed by atoms with E-state index in [1.165, 1.54) is 8.99 Å². The van der Waals surface area contributed by atoms with Gasteiger partial charge in [0.15, 0.2) is 0 Å². The minimum Gasteiger partial charge on any atom is -0.376 e. The third kappa shape index (κ3) is 3.69. The number of hydrogen-bond acceptors (Lipinski definition) is 5. The van der Waals surface area contributed by atoms with Crippen molar-refractivity contribution in [2.24, 2.45) is 7.05 Å². The van der Waals surface area contributed by atoms with Crippen LogP contribution in [-0.2, 0) is 21.8 Å². The van der Waals surface area contributed by atoms with Gasteiger partial charge in [-0.2, -0.15) is 5.10 Å². The molecular weight excluding hydrogens is 432 g/mol. The summed E-state index contributed by atoms with van der Waals surface area (Å²) in [6, 6.07) is 3.40. The highest BCUT2D eigenvalue weighted by Crippen LogP contribution is 2.31. The van der Waals surface area contributed by atoms with Crippen molar-refractivity contribution in [2.45, 2.75) is 30.8 Å². The molecule has 1 saturated heterocycles. The van der Waals surface area contributed by atoms with Crippen LogP contribution >= 0.6 is 27.5 Å². The summed E-state index contributed by atoms with van der Waals surface area (Å²) in [5, 5.41) is 4.19. The summed E-state index contributed by atoms with van der Waals surface area (Å²) in [6.45, 7) is 2.44. The zero-order chi connectivity index (χ0) is 18.2. The Morgan fingerprint density at radius 1 is 1.48 bits per heavy atom. The largest absolute Gasteiger partial charge is 0.376 e. The van der Waals surface area contributed by atoms with Crippen molar-refractivity contribution in [3.8, 4) is 0 Å². The molecule has 0 spiro atoms. The maximum Gasteiger partial charge on any atom is 0.270 e. The first-order valence-electron chi connectivity index (χ1n) is 7.75. The highest BCUT2D eigenvalue weighted by molar-refractivity contribution is 9.10. The van der Waals surface area contributed by atoms with Crippen LogP contribution in [0.5, 0.6) is 0 Å². The van der Waals surface area contributed by atoms with Gasteiger partial charge in [0.2, 0.25) is 0 Å². The van der Waals surface area contributed by atoms with Crippen molar-refractivity contribution in [1.29, 1.82) is 0 Å². The molecule has 2 aromatic rings. The van der Waals surface area contributed by atoms with Crippen LogP contribution in [0.1, 0.15) is 18.5 Å². The normalized spacial score (nSPS) is 17.8. The summed E-state index contributed by atoms with van der Waals surface area (Å²) in [5.74, 6) is 0.318. The first-order chi connectivity index (χ1) is 11.8. The predicted octanol–water partition coefficient (Wildman–Crippen LogP) is 2.91. The third-order valence-electron chi connectivity index (χ3n) is 4.01. The van der Waals surface area contributed by atoms with E-state index in [4.69, 9.17) is 16.3 Å². The zero-order valence-corrected chi connectivity index (χ0v) is 17.0. The molecule has 0 saturated carbocycles. The van der Waals surface area contributed by atoms with E-state index in [9.17, 15) is 8.42 Å². The van der Waals surface area contributed by atoms with E-state index in [2.05, 4.69) is 26.0 Å². The lowest BCUT2D eigenvalue weighted by Gasteiger charge is -2.26. The number of rotatable bonds is 5. The van der Waals surface area contributed by atoms with Gasteiger partial charge in [-0.05, 0) is 47.8 Å². The Balaban J connectivity index is 2.07. The molecule has 1 aliphatic rings. The quantitative estimate of drug-likeness (QED) is 0.701. The monoisotopic (exact) mass is 448 g/mol. The second kappa shape index (κ2) is 7.22. The van der Waals surface area contributed by atoms with Gasteiger partial charge in [0.1, 0.15) is 15.9 Å². The summed E-state index contributed by atoms with van der Waals surface area (Å²) in [7, 11) is -2.33. The molecule has 0 aliphatic carbocycles. The highest BCUT2D eigenvalue weighted by atomic mass is 79.9. The molecule has 136 valence electrons. The third-order valence-corrected chi connectivity index (χ3v) is 6.94. The molecule has 0 N–H and O–H groups in total. The molecule has 10 heteroatoms. The second-order valence-electron chi connectivity index (χ2n) is 5.83. The maximum absolute atomic E-state index is 13.3. The first kappa shape index (κ1) is 18.6. The number of pyridine rings is 1. The smallest absolute Gasteiger partial charge is 0.270 e. The van der Waals surface area contributed by atoms with Gasteiger partial charge in [0, 0.05) is 24.3 Å². The minimum absolute atomic E-state index is 0.000572. The molecule has 0 amide bonds. The van der Waals surface area contributed by atoms with Crippen molar-refractivity contribution < 1.29 is 13.2 Å². The van der Waals surface area contributed by atoms with E-state index >= 15 is 0 Å². The molecule has 1 atom stereocenters. The van der Waals surface area contributed by atoms with Gasteiger partial charge in [-0.3, -0.25) is 4.68 Å². The lowest BCUT2D eigenvalue weighted by atomic mass is 10.2. The van der Waals surface area contributed by atoms with Crippen LogP contribution < -0.4 is 4.31 Å². The Morgan fingerprint density at radius 2 is 2.24 bits per heavy atom. The number of nitrogens with zero attached hydrogens (tertiary/aromatic N) is 4. The summed E-state index contributed by atoms with van der Waals surface area (Å²) >= 11 is 9.52. The molecule has 3 rings (SSSR count). The number of ether oxygens (including phenoxy) is 1. The summed E-state index contributed by atoms with van der Waals surface area (Å²) < 4.78 is 35.7. The molecule has 0 aromatic carbocycles. The van der Waals surface area contributed by atoms with E-state index in [0.717, 1.165) is 17.3 Å². The number of anilines is 1. The van der Waals surface area contributed by atoms with Crippen LogP contribution in [0.25, 0.3) is 0 Å². The molecule has 7 nitrogen and oxygen atoms in total. The van der Waals surface area contributed by atoms with Gasteiger partial charge in [-0.1, -0.05) is 11.6 Å². The van der Waals surface area contributed by atoms with E-state index in [-0.39, 0.29) is 22.7 Å².